The minimum absolute atomic E-state index is 0.0248. The number of unbranched alkanes of at least 4 members (excludes halogenated alkanes) is 16. The van der Waals surface area contributed by atoms with Crippen LogP contribution in [-0.2, 0) is 19.0 Å². The largest absolute Gasteiger partial charge is 0.466 e. The molecule has 0 aliphatic heterocycles. The van der Waals surface area contributed by atoms with E-state index in [1.807, 2.05) is 0 Å². The van der Waals surface area contributed by atoms with E-state index in [0.29, 0.717) is 13.0 Å². The van der Waals surface area contributed by atoms with Crippen molar-refractivity contribution in [2.24, 2.45) is 0 Å². The monoisotopic (exact) mass is 666 g/mol. The van der Waals surface area contributed by atoms with Gasteiger partial charge >= 0.3 is 5.97 Å². The average molecular weight is 666 g/mol. The highest BCUT2D eigenvalue weighted by molar-refractivity contribution is 5.69. The number of ether oxygens (including phenoxy) is 3. The molecule has 6 heteroatoms. The zero-order valence-electron chi connectivity index (χ0n) is 31.5. The Bertz CT molecular complexity index is 661. The number of carbonyl (C=O) groups is 1. The summed E-state index contributed by atoms with van der Waals surface area (Å²) in [6.45, 7) is 11.8. The maximum Gasteiger partial charge on any atom is 0.305 e. The standard InChI is InChI=1S/C41H79NO5/c1-4-7-10-13-14-23-28-37-45-40(44)31-24-17-15-19-26-33-42(35-36-43)34-27-20-16-18-25-32-41(46-38-29-21-11-8-5-2)47-39-30-22-12-9-6-3/h11-12,21-22,41,43H,4-10,13-20,23-39H2,1-3H3/b21-11-,22-12-. The van der Waals surface area contributed by atoms with Crippen molar-refractivity contribution in [2.75, 3.05) is 46.1 Å². The van der Waals surface area contributed by atoms with Crippen LogP contribution in [0.15, 0.2) is 24.3 Å². The molecule has 0 saturated heterocycles. The number of esters is 1. The molecular formula is C41H79NO5. The molecule has 0 amide bonds. The van der Waals surface area contributed by atoms with Gasteiger partial charge in [0, 0.05) is 13.0 Å². The quantitative estimate of drug-likeness (QED) is 0.0306. The Morgan fingerprint density at radius 1 is 0.553 bits per heavy atom. The summed E-state index contributed by atoms with van der Waals surface area (Å²) in [5, 5.41) is 9.54. The number of rotatable bonds is 38. The summed E-state index contributed by atoms with van der Waals surface area (Å²) >= 11 is 0. The van der Waals surface area contributed by atoms with Gasteiger partial charge in [0.1, 0.15) is 0 Å². The van der Waals surface area contributed by atoms with Crippen LogP contribution in [0.4, 0.5) is 0 Å². The molecule has 0 spiro atoms. The van der Waals surface area contributed by atoms with E-state index in [2.05, 4.69) is 50.0 Å². The van der Waals surface area contributed by atoms with Crippen molar-refractivity contribution in [2.45, 2.75) is 188 Å². The maximum absolute atomic E-state index is 12.0. The molecule has 0 heterocycles. The minimum Gasteiger partial charge on any atom is -0.466 e. The van der Waals surface area contributed by atoms with Crippen molar-refractivity contribution < 1.29 is 24.1 Å². The lowest BCUT2D eigenvalue weighted by Gasteiger charge is -2.21. The summed E-state index contributed by atoms with van der Waals surface area (Å²) in [5.41, 5.74) is 0. The third-order valence-corrected chi connectivity index (χ3v) is 8.62. The molecule has 0 fully saturated rings. The molecule has 0 aromatic heterocycles. The molecule has 0 bridgehead atoms. The van der Waals surface area contributed by atoms with Crippen molar-refractivity contribution in [1.29, 1.82) is 0 Å². The smallest absolute Gasteiger partial charge is 0.305 e. The first-order valence-corrected chi connectivity index (χ1v) is 20.2. The van der Waals surface area contributed by atoms with Gasteiger partial charge in [-0.15, -0.1) is 0 Å². The van der Waals surface area contributed by atoms with E-state index in [4.69, 9.17) is 14.2 Å². The van der Waals surface area contributed by atoms with Crippen LogP contribution >= 0.6 is 0 Å². The lowest BCUT2D eigenvalue weighted by molar-refractivity contribution is -0.145. The van der Waals surface area contributed by atoms with Gasteiger partial charge in [0.25, 0.3) is 0 Å². The van der Waals surface area contributed by atoms with Crippen LogP contribution in [0.2, 0.25) is 0 Å². The number of aliphatic hydroxyl groups is 1. The van der Waals surface area contributed by atoms with Crippen LogP contribution < -0.4 is 0 Å². The predicted molar refractivity (Wildman–Crippen MR) is 201 cm³/mol. The fourth-order valence-electron chi connectivity index (χ4n) is 5.66. The Morgan fingerprint density at radius 3 is 1.60 bits per heavy atom. The number of allylic oxidation sites excluding steroid dienone is 2. The van der Waals surface area contributed by atoms with Gasteiger partial charge < -0.3 is 24.2 Å². The van der Waals surface area contributed by atoms with Crippen molar-refractivity contribution in [3.63, 3.8) is 0 Å². The van der Waals surface area contributed by atoms with Crippen LogP contribution in [0.5, 0.6) is 0 Å². The van der Waals surface area contributed by atoms with Gasteiger partial charge in [-0.1, -0.05) is 135 Å². The topological polar surface area (TPSA) is 68.2 Å². The van der Waals surface area contributed by atoms with Crippen LogP contribution in [0, 0.1) is 0 Å². The maximum atomic E-state index is 12.0. The van der Waals surface area contributed by atoms with E-state index < -0.39 is 0 Å². The normalized spacial score (nSPS) is 12.0. The molecule has 47 heavy (non-hydrogen) atoms. The Balaban J connectivity index is 3.93. The predicted octanol–water partition coefficient (Wildman–Crippen LogP) is 11.1. The van der Waals surface area contributed by atoms with E-state index in [0.717, 1.165) is 103 Å². The number of hydrogen-bond acceptors (Lipinski definition) is 6. The number of carbonyl (C=O) groups excluding carboxylic acids is 1. The molecule has 1 N–H and O–H groups in total. The first kappa shape index (κ1) is 45.8. The van der Waals surface area contributed by atoms with Crippen molar-refractivity contribution >= 4 is 5.97 Å². The molecule has 278 valence electrons. The molecule has 0 saturated carbocycles. The number of hydrogen-bond donors (Lipinski definition) is 1. The molecule has 0 aliphatic carbocycles. The zero-order chi connectivity index (χ0) is 34.3. The molecule has 0 atom stereocenters. The first-order valence-electron chi connectivity index (χ1n) is 20.2. The lowest BCUT2D eigenvalue weighted by Crippen LogP contribution is -2.29. The lowest BCUT2D eigenvalue weighted by atomic mass is 10.1. The average Bonchev–Trinajstić information content (AvgIpc) is 3.07. The molecule has 0 radical (unpaired) electrons. The first-order chi connectivity index (χ1) is 23.2. The Morgan fingerprint density at radius 2 is 1.04 bits per heavy atom. The van der Waals surface area contributed by atoms with E-state index in [1.165, 1.54) is 83.5 Å². The summed E-state index contributed by atoms with van der Waals surface area (Å²) in [5.74, 6) is -0.0248. The second-order valence-electron chi connectivity index (χ2n) is 13.2. The van der Waals surface area contributed by atoms with E-state index in [1.54, 1.807) is 0 Å². The Kier molecular flexibility index (Phi) is 38.2. The zero-order valence-corrected chi connectivity index (χ0v) is 31.5. The van der Waals surface area contributed by atoms with Gasteiger partial charge in [-0.2, -0.15) is 0 Å². The fourth-order valence-corrected chi connectivity index (χ4v) is 5.66. The van der Waals surface area contributed by atoms with Gasteiger partial charge in [0.15, 0.2) is 6.29 Å². The molecule has 0 unspecified atom stereocenters. The number of nitrogens with zero attached hydrogens (tertiary/aromatic N) is 1. The molecular weight excluding hydrogens is 586 g/mol. The summed E-state index contributed by atoms with van der Waals surface area (Å²) < 4.78 is 17.6. The molecule has 0 aliphatic rings. The third kappa shape index (κ3) is 35.9. The molecule has 0 rings (SSSR count). The number of aliphatic hydroxyl groups excluding tert-OH is 1. The van der Waals surface area contributed by atoms with Crippen LogP contribution in [0.1, 0.15) is 181 Å². The highest BCUT2D eigenvalue weighted by atomic mass is 16.7. The Hall–Kier alpha value is -1.21. The summed E-state index contributed by atoms with van der Waals surface area (Å²) in [4.78, 5) is 14.4. The Labute approximate surface area is 292 Å². The molecule has 0 aromatic rings. The minimum atomic E-state index is -0.0947. The van der Waals surface area contributed by atoms with Crippen LogP contribution in [-0.4, -0.2) is 68.3 Å². The van der Waals surface area contributed by atoms with Crippen LogP contribution in [0.25, 0.3) is 0 Å². The SMILES string of the molecule is CCC/C=C\CCOC(CCCCCCCN(CCO)CCCCCCCC(=O)OCCCCCCCCC)OCC/C=C\CCC. The van der Waals surface area contributed by atoms with E-state index in [-0.39, 0.29) is 18.9 Å². The van der Waals surface area contributed by atoms with E-state index in [9.17, 15) is 9.90 Å². The summed E-state index contributed by atoms with van der Waals surface area (Å²) in [7, 11) is 0. The van der Waals surface area contributed by atoms with Gasteiger partial charge in [0.05, 0.1) is 26.4 Å². The van der Waals surface area contributed by atoms with Crippen molar-refractivity contribution in [1.82, 2.24) is 4.90 Å². The second-order valence-corrected chi connectivity index (χ2v) is 13.2. The van der Waals surface area contributed by atoms with Crippen molar-refractivity contribution in [3.05, 3.63) is 24.3 Å². The van der Waals surface area contributed by atoms with Crippen molar-refractivity contribution in [3.8, 4) is 0 Å². The van der Waals surface area contributed by atoms with Gasteiger partial charge in [0.2, 0.25) is 0 Å². The van der Waals surface area contributed by atoms with E-state index >= 15 is 0 Å². The molecule has 6 nitrogen and oxygen atoms in total. The summed E-state index contributed by atoms with van der Waals surface area (Å²) in [6, 6.07) is 0. The fraction of sp³-hybridized carbons (Fsp3) is 0.878. The highest BCUT2D eigenvalue weighted by Crippen LogP contribution is 2.14. The van der Waals surface area contributed by atoms with Gasteiger partial charge in [-0.3, -0.25) is 4.79 Å². The molecule has 0 aromatic carbocycles. The van der Waals surface area contributed by atoms with Gasteiger partial charge in [-0.25, -0.2) is 0 Å². The summed E-state index contributed by atoms with van der Waals surface area (Å²) in [6.07, 6.45) is 37.2. The van der Waals surface area contributed by atoms with Gasteiger partial charge in [-0.05, 0) is 77.3 Å². The van der Waals surface area contributed by atoms with Crippen LogP contribution in [0.3, 0.4) is 0 Å². The highest BCUT2D eigenvalue weighted by Gasteiger charge is 2.09. The second kappa shape index (κ2) is 39.2. The third-order valence-electron chi connectivity index (χ3n) is 8.62.